The van der Waals surface area contributed by atoms with Crippen LogP contribution in [0.1, 0.15) is 29.3 Å². The second kappa shape index (κ2) is 10.1. The van der Waals surface area contributed by atoms with Crippen LogP contribution in [0.3, 0.4) is 0 Å². The number of hydrogen-bond acceptors (Lipinski definition) is 3. The smallest absolute Gasteiger partial charge is 0.254 e. The molecule has 0 aromatic heterocycles. The molecule has 0 aliphatic carbocycles. The van der Waals surface area contributed by atoms with Crippen molar-refractivity contribution in [2.24, 2.45) is 0 Å². The lowest BCUT2D eigenvalue weighted by Gasteiger charge is -2.22. The van der Waals surface area contributed by atoms with Gasteiger partial charge in [0, 0.05) is 17.8 Å². The Morgan fingerprint density at radius 1 is 0.926 bits per heavy atom. The van der Waals surface area contributed by atoms with E-state index in [1.54, 1.807) is 24.3 Å². The molecule has 0 aliphatic heterocycles. The van der Waals surface area contributed by atoms with Gasteiger partial charge in [-0.1, -0.05) is 43.3 Å². The number of para-hydroxylation sites is 1. The normalized spacial score (nSPS) is 10.1. The predicted molar refractivity (Wildman–Crippen MR) is 105 cm³/mol. The van der Waals surface area contributed by atoms with Crippen molar-refractivity contribution >= 4 is 23.4 Å². The molecule has 0 spiro atoms. The number of amides is 3. The van der Waals surface area contributed by atoms with E-state index in [9.17, 15) is 14.4 Å². The van der Waals surface area contributed by atoms with Crippen LogP contribution in [0.25, 0.3) is 0 Å². The van der Waals surface area contributed by atoms with Crippen LogP contribution in [0.4, 0.5) is 5.69 Å². The van der Waals surface area contributed by atoms with E-state index >= 15 is 0 Å². The monoisotopic (exact) mass is 367 g/mol. The Bertz CT molecular complexity index is 790. The highest BCUT2D eigenvalue weighted by Gasteiger charge is 2.19. The van der Waals surface area contributed by atoms with E-state index in [0.29, 0.717) is 17.8 Å². The Balaban J connectivity index is 1.90. The van der Waals surface area contributed by atoms with Crippen LogP contribution in [0, 0.1) is 6.92 Å². The summed E-state index contributed by atoms with van der Waals surface area (Å²) in [6.45, 7) is 4.05. The Hall–Kier alpha value is -3.15. The van der Waals surface area contributed by atoms with Gasteiger partial charge >= 0.3 is 0 Å². The zero-order valence-electron chi connectivity index (χ0n) is 15.7. The maximum Gasteiger partial charge on any atom is 0.254 e. The molecule has 6 heteroatoms. The number of carbonyl (C=O) groups excluding carboxylic acids is 3. The zero-order chi connectivity index (χ0) is 19.6. The largest absolute Gasteiger partial charge is 0.345 e. The first-order valence-corrected chi connectivity index (χ1v) is 8.97. The molecule has 2 aromatic carbocycles. The van der Waals surface area contributed by atoms with Crippen LogP contribution in [0.5, 0.6) is 0 Å². The highest BCUT2D eigenvalue weighted by atomic mass is 16.2. The minimum Gasteiger partial charge on any atom is -0.345 e. The highest BCUT2D eigenvalue weighted by molar-refractivity contribution is 5.98. The lowest BCUT2D eigenvalue weighted by Crippen LogP contribution is -2.43. The molecule has 0 radical (unpaired) electrons. The Morgan fingerprint density at radius 2 is 1.59 bits per heavy atom. The van der Waals surface area contributed by atoms with Gasteiger partial charge in [0.1, 0.15) is 0 Å². The van der Waals surface area contributed by atoms with Gasteiger partial charge in [-0.2, -0.15) is 0 Å². The first-order valence-electron chi connectivity index (χ1n) is 8.97. The highest BCUT2D eigenvalue weighted by Crippen LogP contribution is 2.11. The molecule has 0 saturated carbocycles. The third kappa shape index (κ3) is 6.26. The van der Waals surface area contributed by atoms with E-state index in [1.807, 2.05) is 44.2 Å². The molecule has 0 atom stereocenters. The summed E-state index contributed by atoms with van der Waals surface area (Å²) >= 11 is 0. The number of aryl methyl sites for hydroxylation is 1. The van der Waals surface area contributed by atoms with Crippen LogP contribution in [-0.4, -0.2) is 42.3 Å². The third-order valence-electron chi connectivity index (χ3n) is 3.99. The van der Waals surface area contributed by atoms with E-state index in [1.165, 1.54) is 4.90 Å². The van der Waals surface area contributed by atoms with Gasteiger partial charge < -0.3 is 15.5 Å². The van der Waals surface area contributed by atoms with Gasteiger partial charge in [-0.25, -0.2) is 0 Å². The number of anilines is 1. The quantitative estimate of drug-likeness (QED) is 0.753. The van der Waals surface area contributed by atoms with E-state index in [4.69, 9.17) is 0 Å². The van der Waals surface area contributed by atoms with Gasteiger partial charge in [0.15, 0.2) is 0 Å². The summed E-state index contributed by atoms with van der Waals surface area (Å²) in [5.74, 6) is -0.866. The molecule has 2 N–H and O–H groups in total. The first-order chi connectivity index (χ1) is 13.0. The van der Waals surface area contributed by atoms with Crippen LogP contribution in [0.15, 0.2) is 54.6 Å². The average molecular weight is 367 g/mol. The first kappa shape index (κ1) is 20.2. The molecule has 0 saturated heterocycles. The number of hydrogen-bond donors (Lipinski definition) is 2. The lowest BCUT2D eigenvalue weighted by molar-refractivity contribution is -0.124. The number of nitrogens with zero attached hydrogens (tertiary/aromatic N) is 1. The van der Waals surface area contributed by atoms with Gasteiger partial charge in [-0.15, -0.1) is 0 Å². The fraction of sp³-hybridized carbons (Fsp3) is 0.286. The van der Waals surface area contributed by atoms with Crippen LogP contribution < -0.4 is 10.6 Å². The number of benzene rings is 2. The summed E-state index contributed by atoms with van der Waals surface area (Å²) in [7, 11) is 0. The third-order valence-corrected chi connectivity index (χ3v) is 3.99. The maximum absolute atomic E-state index is 12.7. The molecule has 3 amide bonds. The Labute approximate surface area is 159 Å². The molecular formula is C21H25N3O3. The summed E-state index contributed by atoms with van der Waals surface area (Å²) in [5, 5.41) is 5.27. The molecule has 0 heterocycles. The van der Waals surface area contributed by atoms with Crippen molar-refractivity contribution in [3.63, 3.8) is 0 Å². The second-order valence-electron chi connectivity index (χ2n) is 6.23. The second-order valence-corrected chi connectivity index (χ2v) is 6.23. The summed E-state index contributed by atoms with van der Waals surface area (Å²) < 4.78 is 0. The molecule has 27 heavy (non-hydrogen) atoms. The van der Waals surface area contributed by atoms with E-state index in [-0.39, 0.29) is 30.8 Å². The molecule has 0 unspecified atom stereocenters. The summed E-state index contributed by atoms with van der Waals surface area (Å²) in [6.07, 6.45) is 0.736. The molecule has 2 aromatic rings. The van der Waals surface area contributed by atoms with Gasteiger partial charge in [-0.3, -0.25) is 14.4 Å². The van der Waals surface area contributed by atoms with Crippen molar-refractivity contribution in [2.45, 2.75) is 20.3 Å². The van der Waals surface area contributed by atoms with Crippen LogP contribution >= 0.6 is 0 Å². The van der Waals surface area contributed by atoms with Crippen molar-refractivity contribution < 1.29 is 14.4 Å². The lowest BCUT2D eigenvalue weighted by atomic mass is 10.1. The minimum atomic E-state index is -0.367. The predicted octanol–water partition coefficient (Wildman–Crippen LogP) is 2.60. The van der Waals surface area contributed by atoms with Gasteiger partial charge in [0.05, 0.1) is 13.1 Å². The average Bonchev–Trinajstić information content (AvgIpc) is 2.67. The standard InChI is InChI=1S/C21H25N3O3/c1-3-13-24(21(27)18-12-8-7-9-16(18)2)15-20(26)22-14-19(25)23-17-10-5-4-6-11-17/h4-12H,3,13-15H2,1-2H3,(H,22,26)(H,23,25). The molecule has 142 valence electrons. The summed E-state index contributed by atoms with van der Waals surface area (Å²) in [5.41, 5.74) is 2.12. The van der Waals surface area contributed by atoms with E-state index in [2.05, 4.69) is 10.6 Å². The number of nitrogens with one attached hydrogen (secondary N) is 2. The van der Waals surface area contributed by atoms with Crippen LogP contribution in [-0.2, 0) is 9.59 Å². The van der Waals surface area contributed by atoms with Crippen molar-refractivity contribution in [1.29, 1.82) is 0 Å². The fourth-order valence-electron chi connectivity index (χ4n) is 2.64. The van der Waals surface area contributed by atoms with Crippen molar-refractivity contribution in [2.75, 3.05) is 25.0 Å². The van der Waals surface area contributed by atoms with Crippen molar-refractivity contribution in [3.05, 3.63) is 65.7 Å². The molecule has 6 nitrogen and oxygen atoms in total. The molecular weight excluding hydrogens is 342 g/mol. The Morgan fingerprint density at radius 3 is 2.26 bits per heavy atom. The van der Waals surface area contributed by atoms with E-state index < -0.39 is 0 Å². The van der Waals surface area contributed by atoms with Gasteiger partial charge in [-0.05, 0) is 37.1 Å². The fourth-order valence-corrected chi connectivity index (χ4v) is 2.64. The number of rotatable bonds is 8. The molecule has 0 bridgehead atoms. The maximum atomic E-state index is 12.7. The zero-order valence-corrected chi connectivity index (χ0v) is 15.7. The van der Waals surface area contributed by atoms with Crippen molar-refractivity contribution in [1.82, 2.24) is 10.2 Å². The number of carbonyl (C=O) groups is 3. The summed E-state index contributed by atoms with van der Waals surface area (Å²) in [4.78, 5) is 38.4. The summed E-state index contributed by atoms with van der Waals surface area (Å²) in [6, 6.07) is 16.3. The minimum absolute atomic E-state index is 0.0837. The topological polar surface area (TPSA) is 78.5 Å². The Kier molecular flexibility index (Phi) is 7.55. The van der Waals surface area contributed by atoms with Gasteiger partial charge in [0.25, 0.3) is 5.91 Å². The van der Waals surface area contributed by atoms with Crippen LogP contribution in [0.2, 0.25) is 0 Å². The SMILES string of the molecule is CCCN(CC(=O)NCC(=O)Nc1ccccc1)C(=O)c1ccccc1C. The molecule has 0 fully saturated rings. The molecule has 2 rings (SSSR count). The van der Waals surface area contributed by atoms with E-state index in [0.717, 1.165) is 12.0 Å². The van der Waals surface area contributed by atoms with Gasteiger partial charge in [0.2, 0.25) is 11.8 Å². The molecule has 0 aliphatic rings. The van der Waals surface area contributed by atoms with Crippen molar-refractivity contribution in [3.8, 4) is 0 Å².